The van der Waals surface area contributed by atoms with E-state index in [9.17, 15) is 8.78 Å². The quantitative estimate of drug-likeness (QED) is 0.683. The minimum atomic E-state index is -2.62. The van der Waals surface area contributed by atoms with Crippen molar-refractivity contribution in [1.82, 2.24) is 10.2 Å². The molecular weight excluding hydrogens is 186 g/mol. The van der Waals surface area contributed by atoms with Crippen LogP contribution in [0, 0.1) is 0 Å². The Balaban J connectivity index is 2.30. The highest BCUT2D eigenvalue weighted by molar-refractivity contribution is 5.04. The van der Waals surface area contributed by atoms with Gasteiger partial charge in [0.05, 0.1) is 13.1 Å². The molecule has 0 bridgehead atoms. The first-order chi connectivity index (χ1) is 6.53. The van der Waals surface area contributed by atoms with Gasteiger partial charge in [-0.15, -0.1) is 0 Å². The molecule has 0 aliphatic carbocycles. The Bertz CT molecular complexity index is 204. The lowest BCUT2D eigenvalue weighted by atomic mass is 10.3. The third-order valence-corrected chi connectivity index (χ3v) is 2.32. The number of halogens is 2. The van der Waals surface area contributed by atoms with Gasteiger partial charge in [0, 0.05) is 13.1 Å². The lowest BCUT2D eigenvalue weighted by Gasteiger charge is -2.22. The van der Waals surface area contributed by atoms with E-state index in [1.165, 1.54) is 0 Å². The summed E-state index contributed by atoms with van der Waals surface area (Å²) in [6.45, 7) is 7.17. The van der Waals surface area contributed by atoms with E-state index in [1.54, 1.807) is 4.90 Å². The molecule has 1 heterocycles. The maximum atomic E-state index is 13.3. The predicted molar refractivity (Wildman–Crippen MR) is 53.7 cm³/mol. The summed E-state index contributed by atoms with van der Waals surface area (Å²) in [6.07, 6.45) is 0.858. The lowest BCUT2D eigenvalue weighted by molar-refractivity contribution is -0.0244. The molecule has 0 aromatic heterocycles. The fourth-order valence-corrected chi connectivity index (χ4v) is 1.62. The standard InChI is InChI=1S/C10H18F2N2/c1-3-13-7-10(11,12)8-14-5-4-9(2)6-14/h13H,2-8H2,1H3. The summed E-state index contributed by atoms with van der Waals surface area (Å²) in [6, 6.07) is 0. The van der Waals surface area contributed by atoms with Gasteiger partial charge < -0.3 is 5.32 Å². The number of likely N-dealkylation sites (tertiary alicyclic amines) is 1. The van der Waals surface area contributed by atoms with Crippen molar-refractivity contribution < 1.29 is 8.78 Å². The molecule has 14 heavy (non-hydrogen) atoms. The summed E-state index contributed by atoms with van der Waals surface area (Å²) < 4.78 is 26.5. The molecule has 1 saturated heterocycles. The van der Waals surface area contributed by atoms with Crippen molar-refractivity contribution in [3.8, 4) is 0 Å². The molecule has 1 aliphatic heterocycles. The smallest absolute Gasteiger partial charge is 0.272 e. The third kappa shape index (κ3) is 3.72. The average molecular weight is 204 g/mol. The molecule has 2 nitrogen and oxygen atoms in total. The minimum absolute atomic E-state index is 0.154. The highest BCUT2D eigenvalue weighted by Gasteiger charge is 2.32. The molecule has 0 saturated carbocycles. The van der Waals surface area contributed by atoms with Gasteiger partial charge in [-0.25, -0.2) is 8.78 Å². The number of hydrogen-bond acceptors (Lipinski definition) is 2. The Morgan fingerprint density at radius 1 is 1.57 bits per heavy atom. The maximum absolute atomic E-state index is 13.3. The molecule has 82 valence electrons. The van der Waals surface area contributed by atoms with Crippen LogP contribution in [0.5, 0.6) is 0 Å². The van der Waals surface area contributed by atoms with Crippen LogP contribution in [-0.4, -0.2) is 43.5 Å². The van der Waals surface area contributed by atoms with Crippen LogP contribution in [0.2, 0.25) is 0 Å². The van der Waals surface area contributed by atoms with Gasteiger partial charge >= 0.3 is 0 Å². The fraction of sp³-hybridized carbons (Fsp3) is 0.800. The van der Waals surface area contributed by atoms with Crippen molar-refractivity contribution in [3.05, 3.63) is 12.2 Å². The van der Waals surface area contributed by atoms with Crippen LogP contribution in [0.4, 0.5) is 8.78 Å². The number of rotatable bonds is 5. The summed E-state index contributed by atoms with van der Waals surface area (Å²) in [5, 5.41) is 2.67. The predicted octanol–water partition coefficient (Wildman–Crippen LogP) is 1.49. The molecule has 0 radical (unpaired) electrons. The second-order valence-corrected chi connectivity index (χ2v) is 3.85. The van der Waals surface area contributed by atoms with Gasteiger partial charge in [-0.3, -0.25) is 4.90 Å². The van der Waals surface area contributed by atoms with E-state index in [0.717, 1.165) is 18.5 Å². The Kier molecular flexibility index (Phi) is 4.01. The van der Waals surface area contributed by atoms with Crippen LogP contribution in [0.3, 0.4) is 0 Å². The van der Waals surface area contributed by atoms with E-state index in [0.29, 0.717) is 13.1 Å². The van der Waals surface area contributed by atoms with Gasteiger partial charge in [-0.05, 0) is 13.0 Å². The van der Waals surface area contributed by atoms with Crippen molar-refractivity contribution >= 4 is 0 Å². The van der Waals surface area contributed by atoms with E-state index >= 15 is 0 Å². The van der Waals surface area contributed by atoms with Crippen LogP contribution in [0.1, 0.15) is 13.3 Å². The molecule has 0 amide bonds. The van der Waals surface area contributed by atoms with Crippen molar-refractivity contribution in [2.24, 2.45) is 0 Å². The summed E-state index contributed by atoms with van der Waals surface area (Å²) in [5.74, 6) is -2.62. The molecule has 0 spiro atoms. The van der Waals surface area contributed by atoms with Crippen molar-refractivity contribution in [3.63, 3.8) is 0 Å². The molecule has 1 aliphatic rings. The monoisotopic (exact) mass is 204 g/mol. The van der Waals surface area contributed by atoms with Gasteiger partial charge in [0.2, 0.25) is 0 Å². The second-order valence-electron chi connectivity index (χ2n) is 3.85. The van der Waals surface area contributed by atoms with Crippen LogP contribution >= 0.6 is 0 Å². The van der Waals surface area contributed by atoms with Crippen LogP contribution in [0.25, 0.3) is 0 Å². The first kappa shape index (κ1) is 11.6. The van der Waals surface area contributed by atoms with Crippen molar-refractivity contribution in [1.29, 1.82) is 0 Å². The Labute approximate surface area is 84.0 Å². The number of nitrogens with one attached hydrogen (secondary N) is 1. The Morgan fingerprint density at radius 3 is 2.79 bits per heavy atom. The van der Waals surface area contributed by atoms with E-state index in [1.807, 2.05) is 6.92 Å². The van der Waals surface area contributed by atoms with Crippen LogP contribution in [-0.2, 0) is 0 Å². The van der Waals surface area contributed by atoms with E-state index < -0.39 is 5.92 Å². The third-order valence-electron chi connectivity index (χ3n) is 2.32. The fourth-order valence-electron chi connectivity index (χ4n) is 1.62. The normalized spacial score (nSPS) is 19.2. The molecule has 0 aromatic carbocycles. The molecule has 1 fully saturated rings. The summed E-state index contributed by atoms with van der Waals surface area (Å²) in [5.41, 5.74) is 1.06. The van der Waals surface area contributed by atoms with Gasteiger partial charge in [-0.2, -0.15) is 0 Å². The van der Waals surface area contributed by atoms with Gasteiger partial charge in [0.25, 0.3) is 5.92 Å². The summed E-state index contributed by atoms with van der Waals surface area (Å²) >= 11 is 0. The highest BCUT2D eigenvalue weighted by atomic mass is 19.3. The van der Waals surface area contributed by atoms with Crippen molar-refractivity contribution in [2.45, 2.75) is 19.3 Å². The maximum Gasteiger partial charge on any atom is 0.272 e. The number of alkyl halides is 2. The van der Waals surface area contributed by atoms with Gasteiger partial charge in [0.1, 0.15) is 0 Å². The van der Waals surface area contributed by atoms with Gasteiger partial charge in [-0.1, -0.05) is 19.1 Å². The largest absolute Gasteiger partial charge is 0.311 e. The lowest BCUT2D eigenvalue weighted by Crippen LogP contribution is -2.42. The molecule has 4 heteroatoms. The molecule has 0 atom stereocenters. The SMILES string of the molecule is C=C1CCN(CC(F)(F)CNCC)C1. The van der Waals surface area contributed by atoms with Crippen LogP contribution in [0.15, 0.2) is 12.2 Å². The molecular formula is C10H18F2N2. The highest BCUT2D eigenvalue weighted by Crippen LogP contribution is 2.19. The summed E-state index contributed by atoms with van der Waals surface area (Å²) in [4.78, 5) is 1.76. The zero-order valence-electron chi connectivity index (χ0n) is 8.65. The molecule has 1 rings (SSSR count). The molecule has 1 N–H and O–H groups in total. The van der Waals surface area contributed by atoms with E-state index in [4.69, 9.17) is 0 Å². The summed E-state index contributed by atoms with van der Waals surface area (Å²) in [7, 11) is 0. The van der Waals surface area contributed by atoms with E-state index in [-0.39, 0.29) is 13.1 Å². The minimum Gasteiger partial charge on any atom is -0.311 e. The average Bonchev–Trinajstić information content (AvgIpc) is 2.47. The molecule has 0 unspecified atom stereocenters. The molecule has 0 aromatic rings. The van der Waals surface area contributed by atoms with Crippen molar-refractivity contribution in [2.75, 3.05) is 32.7 Å². The second kappa shape index (κ2) is 4.84. The number of hydrogen-bond donors (Lipinski definition) is 1. The first-order valence-corrected chi connectivity index (χ1v) is 5.01. The first-order valence-electron chi connectivity index (χ1n) is 5.01. The van der Waals surface area contributed by atoms with E-state index in [2.05, 4.69) is 11.9 Å². The zero-order chi connectivity index (χ0) is 10.6. The zero-order valence-corrected chi connectivity index (χ0v) is 8.65. The Morgan fingerprint density at radius 2 is 2.29 bits per heavy atom. The van der Waals surface area contributed by atoms with Crippen LogP contribution < -0.4 is 5.32 Å². The Hall–Kier alpha value is -0.480. The van der Waals surface area contributed by atoms with Gasteiger partial charge in [0.15, 0.2) is 0 Å². The number of nitrogens with zero attached hydrogens (tertiary/aromatic N) is 1. The topological polar surface area (TPSA) is 15.3 Å².